The maximum absolute atomic E-state index is 9.00. The number of hydrogen-bond donors (Lipinski definition) is 2. The summed E-state index contributed by atoms with van der Waals surface area (Å²) >= 11 is 0. The monoisotopic (exact) mass is 240 g/mol. The van der Waals surface area contributed by atoms with Crippen molar-refractivity contribution in [3.8, 4) is 0 Å². The van der Waals surface area contributed by atoms with Gasteiger partial charge in [-0.25, -0.2) is 0 Å². The molecule has 0 aromatic carbocycles. The molecule has 0 bridgehead atoms. The van der Waals surface area contributed by atoms with Gasteiger partial charge in [-0.05, 0) is 64.1 Å². The number of likely N-dealkylation sites (tertiary alicyclic amines) is 1. The number of nitrogens with zero attached hydrogens (tertiary/aromatic N) is 1. The van der Waals surface area contributed by atoms with Gasteiger partial charge >= 0.3 is 0 Å². The largest absolute Gasteiger partial charge is 0.396 e. The van der Waals surface area contributed by atoms with E-state index in [0.29, 0.717) is 12.0 Å². The molecule has 3 heteroatoms. The van der Waals surface area contributed by atoms with E-state index in [1.54, 1.807) is 0 Å². The predicted octanol–water partition coefficient (Wildman–Crippen LogP) is 1.61. The first-order valence-corrected chi connectivity index (χ1v) is 7.28. The molecule has 0 amide bonds. The highest BCUT2D eigenvalue weighted by Crippen LogP contribution is 2.47. The smallest absolute Gasteiger partial charge is 0.0436 e. The molecule has 2 N–H and O–H groups in total. The Morgan fingerprint density at radius 2 is 2.18 bits per heavy atom. The number of aliphatic hydroxyl groups is 1. The standard InChI is InChI=1S/C14H28N2O/c1-16-10-3-2-4-13(16)5-9-15-12-14(6-7-14)8-11-17/h13,15,17H,2-12H2,1H3. The number of piperidine rings is 1. The Hall–Kier alpha value is -0.120. The Labute approximate surface area is 106 Å². The lowest BCUT2D eigenvalue weighted by molar-refractivity contribution is 0.174. The molecular weight excluding hydrogens is 212 g/mol. The second-order valence-electron chi connectivity index (χ2n) is 6.07. The second kappa shape index (κ2) is 6.17. The molecule has 2 rings (SSSR count). The first kappa shape index (κ1) is 13.3. The van der Waals surface area contributed by atoms with E-state index in [9.17, 15) is 0 Å². The number of aliphatic hydroxyl groups excluding tert-OH is 1. The van der Waals surface area contributed by atoms with Crippen LogP contribution in [0.5, 0.6) is 0 Å². The topological polar surface area (TPSA) is 35.5 Å². The van der Waals surface area contributed by atoms with Crippen LogP contribution in [0.15, 0.2) is 0 Å². The summed E-state index contributed by atoms with van der Waals surface area (Å²) in [6.07, 6.45) is 9.05. The highest BCUT2D eigenvalue weighted by atomic mass is 16.3. The first-order chi connectivity index (χ1) is 8.26. The molecular formula is C14H28N2O. The van der Waals surface area contributed by atoms with Crippen molar-refractivity contribution in [3.63, 3.8) is 0 Å². The van der Waals surface area contributed by atoms with Gasteiger partial charge in [0.25, 0.3) is 0 Å². The van der Waals surface area contributed by atoms with Crippen molar-refractivity contribution in [3.05, 3.63) is 0 Å². The van der Waals surface area contributed by atoms with Crippen LogP contribution < -0.4 is 5.32 Å². The third-order valence-corrected chi connectivity index (χ3v) is 4.68. The van der Waals surface area contributed by atoms with Crippen LogP contribution in [0.1, 0.15) is 44.9 Å². The quantitative estimate of drug-likeness (QED) is 0.664. The summed E-state index contributed by atoms with van der Waals surface area (Å²) in [5.74, 6) is 0. The summed E-state index contributed by atoms with van der Waals surface area (Å²) in [4.78, 5) is 2.52. The predicted molar refractivity (Wildman–Crippen MR) is 71.1 cm³/mol. The van der Waals surface area contributed by atoms with Gasteiger partial charge in [0.05, 0.1) is 0 Å². The molecule has 0 radical (unpaired) electrons. The van der Waals surface area contributed by atoms with Crippen LogP contribution in [0, 0.1) is 5.41 Å². The van der Waals surface area contributed by atoms with E-state index in [0.717, 1.165) is 25.6 Å². The van der Waals surface area contributed by atoms with E-state index in [1.807, 2.05) is 0 Å². The Morgan fingerprint density at radius 3 is 2.82 bits per heavy atom. The molecule has 17 heavy (non-hydrogen) atoms. The molecule has 1 saturated heterocycles. The van der Waals surface area contributed by atoms with E-state index < -0.39 is 0 Å². The summed E-state index contributed by atoms with van der Waals surface area (Å²) in [6, 6.07) is 0.796. The molecule has 1 unspecified atom stereocenters. The minimum atomic E-state index is 0.354. The van der Waals surface area contributed by atoms with Crippen molar-refractivity contribution in [2.45, 2.75) is 51.0 Å². The first-order valence-electron chi connectivity index (χ1n) is 7.28. The third kappa shape index (κ3) is 3.94. The van der Waals surface area contributed by atoms with Crippen molar-refractivity contribution in [1.82, 2.24) is 10.2 Å². The van der Waals surface area contributed by atoms with Crippen molar-refractivity contribution in [1.29, 1.82) is 0 Å². The van der Waals surface area contributed by atoms with Crippen LogP contribution in [-0.2, 0) is 0 Å². The van der Waals surface area contributed by atoms with Gasteiger partial charge in [-0.1, -0.05) is 6.42 Å². The SMILES string of the molecule is CN1CCCCC1CCNCC1(CCO)CC1. The van der Waals surface area contributed by atoms with Crippen LogP contribution >= 0.6 is 0 Å². The van der Waals surface area contributed by atoms with Crippen LogP contribution in [0.3, 0.4) is 0 Å². The van der Waals surface area contributed by atoms with Gasteiger partial charge in [0.2, 0.25) is 0 Å². The van der Waals surface area contributed by atoms with Crippen molar-refractivity contribution < 1.29 is 5.11 Å². The lowest BCUT2D eigenvalue weighted by atomic mass is 9.99. The van der Waals surface area contributed by atoms with E-state index >= 15 is 0 Å². The van der Waals surface area contributed by atoms with E-state index in [2.05, 4.69) is 17.3 Å². The molecule has 100 valence electrons. The Kier molecular flexibility index (Phi) is 4.83. The van der Waals surface area contributed by atoms with Crippen LogP contribution in [-0.4, -0.2) is 49.3 Å². The molecule has 1 aliphatic carbocycles. The summed E-state index contributed by atoms with van der Waals surface area (Å²) < 4.78 is 0. The fourth-order valence-corrected chi connectivity index (χ4v) is 3.06. The van der Waals surface area contributed by atoms with Crippen LogP contribution in [0.25, 0.3) is 0 Å². The number of rotatable bonds is 7. The Balaban J connectivity index is 1.56. The average Bonchev–Trinajstić information content (AvgIpc) is 3.08. The minimum Gasteiger partial charge on any atom is -0.396 e. The molecule has 2 aliphatic rings. The lowest BCUT2D eigenvalue weighted by Crippen LogP contribution is -2.38. The summed E-state index contributed by atoms with van der Waals surface area (Å²) in [6.45, 7) is 3.89. The zero-order valence-corrected chi connectivity index (χ0v) is 11.2. The normalized spacial score (nSPS) is 28.2. The molecule has 0 aromatic heterocycles. The molecule has 1 aliphatic heterocycles. The molecule has 1 saturated carbocycles. The van der Waals surface area contributed by atoms with Gasteiger partial charge in [-0.15, -0.1) is 0 Å². The third-order valence-electron chi connectivity index (χ3n) is 4.68. The molecule has 0 spiro atoms. The van der Waals surface area contributed by atoms with Crippen molar-refractivity contribution >= 4 is 0 Å². The fraction of sp³-hybridized carbons (Fsp3) is 1.00. The van der Waals surface area contributed by atoms with Crippen molar-refractivity contribution in [2.75, 3.05) is 33.3 Å². The second-order valence-corrected chi connectivity index (χ2v) is 6.07. The van der Waals surface area contributed by atoms with Gasteiger partial charge in [0.1, 0.15) is 0 Å². The Bertz CT molecular complexity index is 228. The van der Waals surface area contributed by atoms with Gasteiger partial charge in [0.15, 0.2) is 0 Å². The van der Waals surface area contributed by atoms with Crippen LogP contribution in [0.2, 0.25) is 0 Å². The number of nitrogens with one attached hydrogen (secondary N) is 1. The number of hydrogen-bond acceptors (Lipinski definition) is 3. The zero-order valence-electron chi connectivity index (χ0n) is 11.2. The van der Waals surface area contributed by atoms with Crippen molar-refractivity contribution in [2.24, 2.45) is 5.41 Å². The van der Waals surface area contributed by atoms with Gasteiger partial charge in [0, 0.05) is 19.2 Å². The average molecular weight is 240 g/mol. The summed E-state index contributed by atoms with van der Waals surface area (Å²) in [5, 5.41) is 12.6. The van der Waals surface area contributed by atoms with Crippen LogP contribution in [0.4, 0.5) is 0 Å². The molecule has 1 heterocycles. The maximum Gasteiger partial charge on any atom is 0.0436 e. The zero-order chi connectivity index (χ0) is 12.1. The fourth-order valence-electron chi connectivity index (χ4n) is 3.06. The minimum absolute atomic E-state index is 0.354. The van der Waals surface area contributed by atoms with Gasteiger partial charge in [-0.2, -0.15) is 0 Å². The van der Waals surface area contributed by atoms with E-state index in [1.165, 1.54) is 45.1 Å². The molecule has 3 nitrogen and oxygen atoms in total. The van der Waals surface area contributed by atoms with E-state index in [-0.39, 0.29) is 0 Å². The molecule has 2 fully saturated rings. The lowest BCUT2D eigenvalue weighted by Gasteiger charge is -2.32. The van der Waals surface area contributed by atoms with Gasteiger partial charge in [-0.3, -0.25) is 0 Å². The Morgan fingerprint density at radius 1 is 1.35 bits per heavy atom. The highest BCUT2D eigenvalue weighted by Gasteiger charge is 2.41. The molecule has 0 aromatic rings. The van der Waals surface area contributed by atoms with E-state index in [4.69, 9.17) is 5.11 Å². The highest BCUT2D eigenvalue weighted by molar-refractivity contribution is 4.94. The summed E-state index contributed by atoms with van der Waals surface area (Å²) in [5.41, 5.74) is 0.465. The van der Waals surface area contributed by atoms with Gasteiger partial charge < -0.3 is 15.3 Å². The maximum atomic E-state index is 9.00. The molecule has 1 atom stereocenters. The summed E-state index contributed by atoms with van der Waals surface area (Å²) in [7, 11) is 2.26.